The molecule has 0 bridgehead atoms. The summed E-state index contributed by atoms with van der Waals surface area (Å²) in [6.45, 7) is 2.65. The van der Waals surface area contributed by atoms with Crippen molar-refractivity contribution < 1.29 is 31.2 Å². The van der Waals surface area contributed by atoms with E-state index in [9.17, 15) is 26.4 Å². The van der Waals surface area contributed by atoms with Crippen molar-refractivity contribution in [2.24, 2.45) is 0 Å². The van der Waals surface area contributed by atoms with E-state index < -0.39 is 28.2 Å². The van der Waals surface area contributed by atoms with E-state index in [1.54, 1.807) is 24.4 Å². The lowest BCUT2D eigenvalue weighted by molar-refractivity contribution is -0.227. The number of hydroxylamine groups is 1. The first-order valence-electron chi connectivity index (χ1n) is 10.2. The summed E-state index contributed by atoms with van der Waals surface area (Å²) >= 11 is 0. The first kappa shape index (κ1) is 23.2. The number of nitrogens with zero attached hydrogens (tertiary/aromatic N) is 2. The summed E-state index contributed by atoms with van der Waals surface area (Å²) < 4.78 is 65.1. The van der Waals surface area contributed by atoms with E-state index in [-0.39, 0.29) is 22.2 Å². The van der Waals surface area contributed by atoms with E-state index in [0.29, 0.717) is 24.3 Å². The topological polar surface area (TPSA) is 104 Å². The number of carbonyl (C=O) groups is 1. The molecular weight excluding hydrogens is 461 g/mol. The van der Waals surface area contributed by atoms with Gasteiger partial charge in [-0.3, -0.25) is 0 Å². The molecule has 1 fully saturated rings. The Bertz CT molecular complexity index is 1270. The van der Waals surface area contributed by atoms with Crippen LogP contribution in [0.4, 0.5) is 13.2 Å². The number of halogens is 3. The average molecular weight is 482 g/mol. The number of aromatic amines is 1. The molecule has 8 nitrogen and oxygen atoms in total. The number of hydrogen-bond acceptors (Lipinski definition) is 6. The van der Waals surface area contributed by atoms with Gasteiger partial charge in [0.15, 0.2) is 0 Å². The van der Waals surface area contributed by atoms with Crippen LogP contribution in [-0.2, 0) is 19.7 Å². The Labute approximate surface area is 187 Å². The third kappa shape index (κ3) is 4.72. The van der Waals surface area contributed by atoms with Gasteiger partial charge in [-0.1, -0.05) is 12.1 Å². The normalized spacial score (nSPS) is 15.8. The third-order valence-corrected chi connectivity index (χ3v) is 7.09. The zero-order valence-corrected chi connectivity index (χ0v) is 18.3. The highest BCUT2D eigenvalue weighted by Crippen LogP contribution is 2.31. The van der Waals surface area contributed by atoms with Crippen molar-refractivity contribution in [2.75, 3.05) is 13.1 Å². The number of rotatable bonds is 5. The summed E-state index contributed by atoms with van der Waals surface area (Å²) in [5.41, 5.74) is 3.10. The molecule has 0 unspecified atom stereocenters. The smallest absolute Gasteiger partial charge is 0.345 e. The highest BCUT2D eigenvalue weighted by atomic mass is 32.2. The van der Waals surface area contributed by atoms with E-state index in [2.05, 4.69) is 20.1 Å². The quantitative estimate of drug-likeness (QED) is 0.541. The summed E-state index contributed by atoms with van der Waals surface area (Å²) in [7, 11) is -4.55. The summed E-state index contributed by atoms with van der Waals surface area (Å²) in [4.78, 5) is 23.0. The lowest BCUT2D eigenvalue weighted by atomic mass is 10.0. The number of H-pyrrole nitrogens is 1. The zero-order chi connectivity index (χ0) is 23.8. The van der Waals surface area contributed by atoms with Crippen LogP contribution in [0, 0.1) is 6.92 Å². The molecule has 2 N–H and O–H groups in total. The molecule has 176 valence electrons. The van der Waals surface area contributed by atoms with Crippen LogP contribution in [0.1, 0.15) is 18.5 Å². The summed E-state index contributed by atoms with van der Waals surface area (Å²) in [6, 6.07) is 8.46. The van der Waals surface area contributed by atoms with E-state index in [0.717, 1.165) is 16.6 Å². The predicted octanol–water partition coefficient (Wildman–Crippen LogP) is 3.30. The van der Waals surface area contributed by atoms with Gasteiger partial charge in [0.05, 0.1) is 10.9 Å². The summed E-state index contributed by atoms with van der Waals surface area (Å²) in [6.07, 6.45) is -3.31. The van der Waals surface area contributed by atoms with Gasteiger partial charge in [0.25, 0.3) is 10.0 Å². The first-order chi connectivity index (χ1) is 15.6. The maximum absolute atomic E-state index is 13.2. The number of benzene rings is 1. The lowest BCUT2D eigenvalue weighted by Gasteiger charge is -2.31. The molecule has 2 aromatic heterocycles. The minimum atomic E-state index is -5.33. The van der Waals surface area contributed by atoms with Crippen LogP contribution in [0.5, 0.6) is 0 Å². The zero-order valence-electron chi connectivity index (χ0n) is 17.5. The Morgan fingerprint density at radius 2 is 1.82 bits per heavy atom. The summed E-state index contributed by atoms with van der Waals surface area (Å²) in [5, 5.41) is 3.84. The summed E-state index contributed by atoms with van der Waals surface area (Å²) in [5.74, 6) is -2.58. The number of aryl methyl sites for hydroxylation is 1. The number of fused-ring (bicyclic) bond motifs is 1. The minimum Gasteiger partial charge on any atom is -0.345 e. The highest BCUT2D eigenvalue weighted by molar-refractivity contribution is 7.89. The Kier molecular flexibility index (Phi) is 6.16. The van der Waals surface area contributed by atoms with Crippen molar-refractivity contribution in [3.8, 4) is 11.1 Å². The van der Waals surface area contributed by atoms with Crippen LogP contribution in [0.2, 0.25) is 0 Å². The molecule has 1 aromatic carbocycles. The standard InChI is InChI=1S/C21H21F3N4O4S/c1-13-12-18-17(8-11-26-19(18)27-13)14-2-4-16(5-3-14)33(30,31)28(15-6-9-25-10-7-15)32-20(29)21(22,23)24/h2-5,8,11-12,15,25H,6-7,9-10H2,1H3,(H,26,27). The largest absolute Gasteiger partial charge is 0.492 e. The van der Waals surface area contributed by atoms with Crippen LogP contribution >= 0.6 is 0 Å². The van der Waals surface area contributed by atoms with Gasteiger partial charge in [-0.15, -0.1) is 0 Å². The third-order valence-electron chi connectivity index (χ3n) is 5.38. The molecule has 12 heteroatoms. The number of piperidine rings is 1. The van der Waals surface area contributed by atoms with E-state index in [1.807, 2.05) is 13.0 Å². The van der Waals surface area contributed by atoms with Crippen LogP contribution < -0.4 is 5.32 Å². The molecule has 1 aliphatic rings. The minimum absolute atomic E-state index is 0.199. The number of carbonyl (C=O) groups excluding carboxylic acids is 1. The molecule has 0 amide bonds. The van der Waals surface area contributed by atoms with Gasteiger partial charge in [0.1, 0.15) is 5.65 Å². The Morgan fingerprint density at radius 1 is 1.15 bits per heavy atom. The number of sulfonamides is 1. The SMILES string of the molecule is Cc1cc2c(-c3ccc(S(=O)(=O)N(OC(=O)C(F)(F)F)C4CCNCC4)cc3)ccnc2[nH]1. The number of nitrogens with one attached hydrogen (secondary N) is 2. The van der Waals surface area contributed by atoms with Crippen molar-refractivity contribution in [1.82, 2.24) is 19.8 Å². The monoisotopic (exact) mass is 482 g/mol. The van der Waals surface area contributed by atoms with E-state index in [1.165, 1.54) is 12.1 Å². The van der Waals surface area contributed by atoms with Crippen molar-refractivity contribution in [1.29, 1.82) is 0 Å². The van der Waals surface area contributed by atoms with Crippen molar-refractivity contribution in [2.45, 2.75) is 36.9 Å². The van der Waals surface area contributed by atoms with Crippen LogP contribution in [0.25, 0.3) is 22.2 Å². The van der Waals surface area contributed by atoms with Gasteiger partial charge < -0.3 is 15.1 Å². The molecule has 3 heterocycles. The van der Waals surface area contributed by atoms with Gasteiger partial charge in [-0.25, -0.2) is 18.2 Å². The Hall–Kier alpha value is -2.96. The second kappa shape index (κ2) is 8.76. The number of aromatic nitrogens is 2. The van der Waals surface area contributed by atoms with E-state index in [4.69, 9.17) is 0 Å². The molecule has 0 atom stereocenters. The Balaban J connectivity index is 1.68. The molecule has 1 saturated heterocycles. The molecule has 0 saturated carbocycles. The second-order valence-electron chi connectivity index (χ2n) is 7.72. The molecular formula is C21H21F3N4O4S. The first-order valence-corrected chi connectivity index (χ1v) is 11.6. The molecule has 3 aromatic rings. The van der Waals surface area contributed by atoms with Crippen molar-refractivity contribution in [3.05, 3.63) is 48.3 Å². The predicted molar refractivity (Wildman–Crippen MR) is 113 cm³/mol. The number of pyridine rings is 1. The maximum atomic E-state index is 13.2. The fourth-order valence-electron chi connectivity index (χ4n) is 3.79. The maximum Gasteiger partial charge on any atom is 0.492 e. The van der Waals surface area contributed by atoms with Crippen LogP contribution in [0.15, 0.2) is 47.5 Å². The fourth-order valence-corrected chi connectivity index (χ4v) is 5.25. The average Bonchev–Trinajstić information content (AvgIpc) is 3.17. The Morgan fingerprint density at radius 3 is 2.45 bits per heavy atom. The highest BCUT2D eigenvalue weighted by Gasteiger charge is 2.46. The van der Waals surface area contributed by atoms with Gasteiger partial charge in [-0.05, 0) is 72.7 Å². The van der Waals surface area contributed by atoms with Gasteiger partial charge in [0, 0.05) is 17.3 Å². The fraction of sp³-hybridized carbons (Fsp3) is 0.333. The molecule has 33 heavy (non-hydrogen) atoms. The molecule has 4 rings (SSSR count). The van der Waals surface area contributed by atoms with Gasteiger partial charge in [-0.2, -0.15) is 13.2 Å². The van der Waals surface area contributed by atoms with Crippen LogP contribution in [-0.4, -0.2) is 54.1 Å². The van der Waals surface area contributed by atoms with Gasteiger partial charge >= 0.3 is 12.1 Å². The van der Waals surface area contributed by atoms with Crippen molar-refractivity contribution >= 4 is 27.0 Å². The van der Waals surface area contributed by atoms with Crippen LogP contribution in [0.3, 0.4) is 0 Å². The number of hydrogen-bond donors (Lipinski definition) is 2. The second-order valence-corrected chi connectivity index (χ2v) is 9.50. The van der Waals surface area contributed by atoms with Crippen molar-refractivity contribution in [3.63, 3.8) is 0 Å². The number of alkyl halides is 3. The lowest BCUT2D eigenvalue weighted by Crippen LogP contribution is -2.48. The molecule has 1 aliphatic heterocycles. The van der Waals surface area contributed by atoms with Gasteiger partial charge in [0.2, 0.25) is 0 Å². The van der Waals surface area contributed by atoms with E-state index >= 15 is 0 Å². The molecule has 0 spiro atoms. The molecule has 0 radical (unpaired) electrons. The molecule has 0 aliphatic carbocycles.